The van der Waals surface area contributed by atoms with Crippen molar-refractivity contribution >= 4 is 46.0 Å². The molecule has 0 unspecified atom stereocenters. The number of piperazine rings is 1. The van der Waals surface area contributed by atoms with Gasteiger partial charge in [-0.05, 0) is 104 Å². The lowest BCUT2D eigenvalue weighted by Crippen LogP contribution is -2.47. The van der Waals surface area contributed by atoms with E-state index in [-0.39, 0.29) is 11.6 Å². The molecule has 0 saturated carbocycles. The first-order valence-electron chi connectivity index (χ1n) is 19.2. The summed E-state index contributed by atoms with van der Waals surface area (Å²) >= 11 is 1.03. The van der Waals surface area contributed by atoms with Gasteiger partial charge in [0.05, 0.1) is 16.7 Å². The minimum Gasteiger partial charge on any atom is -0.455 e. The highest BCUT2D eigenvalue weighted by Gasteiger charge is 2.29. The van der Waals surface area contributed by atoms with Crippen LogP contribution in [0.5, 0.6) is 11.5 Å². The van der Waals surface area contributed by atoms with Gasteiger partial charge in [0, 0.05) is 86.8 Å². The molecule has 0 atom stereocenters. The summed E-state index contributed by atoms with van der Waals surface area (Å²) in [6, 6.07) is 14.4. The fourth-order valence-electron chi connectivity index (χ4n) is 7.72. The second-order valence-electron chi connectivity index (χ2n) is 15.7. The standard InChI is InChI=1S/C42H51N7O5S/c1-28(2)36-24-42(3,4)13-9-31(36)27-47-15-17-48(18-16-47)32-5-7-35(39(22-32)54-33-21-30-10-14-43-40(30)45-26-33)41(50)46-55-34-6-8-37(38(23-34)49(51)52)44-25-29-11-19-53-20-12-29/h5-8,10,14,21-23,26,29,44H,1,9,11-13,15-20,24-25,27H2,2-4H3,(H,43,45)(H,46,50). The molecule has 0 radical (unpaired) electrons. The number of hydrogen-bond donors (Lipinski definition) is 3. The lowest BCUT2D eigenvalue weighted by Gasteiger charge is -2.39. The molecule has 3 aliphatic rings. The third-order valence-electron chi connectivity index (χ3n) is 11.0. The number of H-pyrrole nitrogens is 1. The third kappa shape index (κ3) is 9.52. The molecular weight excluding hydrogens is 715 g/mol. The number of amides is 1. The molecular formula is C42H51N7O5S. The Morgan fingerprint density at radius 2 is 1.93 bits per heavy atom. The number of carbonyl (C=O) groups is 1. The van der Waals surface area contributed by atoms with E-state index in [0.717, 1.165) is 87.1 Å². The maximum atomic E-state index is 13.8. The van der Waals surface area contributed by atoms with Gasteiger partial charge in [-0.3, -0.25) is 24.5 Å². The van der Waals surface area contributed by atoms with E-state index in [9.17, 15) is 14.9 Å². The SMILES string of the molecule is C=C(C)C1=C(CN2CCN(c3ccc(C(=O)NSc4ccc(NCC5CCOCC5)c([N+](=O)[O-])c4)c(Oc4cnc5[nH]ccc5c4)c3)CC2)CCC(C)(C)C1. The van der Waals surface area contributed by atoms with Crippen molar-refractivity contribution in [3.05, 3.63) is 99.9 Å². The summed E-state index contributed by atoms with van der Waals surface area (Å²) < 4.78 is 14.7. The summed E-state index contributed by atoms with van der Waals surface area (Å²) in [5, 5.41) is 16.2. The zero-order valence-electron chi connectivity index (χ0n) is 32.0. The molecule has 12 nitrogen and oxygen atoms in total. The number of anilines is 2. The Kier molecular flexibility index (Phi) is 11.8. The second-order valence-corrected chi connectivity index (χ2v) is 16.6. The number of rotatable bonds is 13. The average Bonchev–Trinajstić information content (AvgIpc) is 3.65. The molecule has 7 rings (SSSR count). The van der Waals surface area contributed by atoms with Gasteiger partial charge in [0.25, 0.3) is 11.6 Å². The minimum absolute atomic E-state index is 0.0388. The summed E-state index contributed by atoms with van der Waals surface area (Å²) in [4.78, 5) is 38.4. The minimum atomic E-state index is -0.397. The molecule has 0 spiro atoms. The first-order chi connectivity index (χ1) is 26.5. The van der Waals surface area contributed by atoms with Crippen LogP contribution in [0.3, 0.4) is 0 Å². The Morgan fingerprint density at radius 1 is 1.13 bits per heavy atom. The molecule has 2 saturated heterocycles. The number of allylic oxidation sites excluding steroid dienone is 2. The topological polar surface area (TPSA) is 138 Å². The van der Waals surface area contributed by atoms with E-state index in [4.69, 9.17) is 9.47 Å². The molecule has 0 bridgehead atoms. The van der Waals surface area contributed by atoms with Gasteiger partial charge in [-0.2, -0.15) is 0 Å². The monoisotopic (exact) mass is 765 g/mol. The predicted octanol–water partition coefficient (Wildman–Crippen LogP) is 8.74. The van der Waals surface area contributed by atoms with Crippen LogP contribution in [0.4, 0.5) is 17.1 Å². The first kappa shape index (κ1) is 38.4. The number of nitro groups is 1. The number of ether oxygens (including phenoxy) is 2. The molecule has 2 aliphatic heterocycles. The smallest absolute Gasteiger partial charge is 0.293 e. The van der Waals surface area contributed by atoms with E-state index in [1.807, 2.05) is 30.5 Å². The Labute approximate surface area is 327 Å². The molecule has 2 aromatic heterocycles. The molecule has 3 N–H and O–H groups in total. The Morgan fingerprint density at radius 3 is 2.69 bits per heavy atom. The van der Waals surface area contributed by atoms with Gasteiger partial charge in [0.15, 0.2) is 0 Å². The molecule has 1 aliphatic carbocycles. The van der Waals surface area contributed by atoms with Crippen molar-refractivity contribution in [1.29, 1.82) is 0 Å². The predicted molar refractivity (Wildman–Crippen MR) is 219 cm³/mol. The number of nitrogens with zero attached hydrogens (tertiary/aromatic N) is 4. The highest BCUT2D eigenvalue weighted by atomic mass is 32.2. The van der Waals surface area contributed by atoms with E-state index in [1.54, 1.807) is 24.4 Å². The zero-order valence-corrected chi connectivity index (χ0v) is 32.8. The summed E-state index contributed by atoms with van der Waals surface area (Å²) in [5.41, 5.74) is 6.96. The molecule has 13 heteroatoms. The van der Waals surface area contributed by atoms with E-state index < -0.39 is 4.92 Å². The van der Waals surface area contributed by atoms with Crippen molar-refractivity contribution in [2.75, 3.05) is 62.7 Å². The van der Waals surface area contributed by atoms with Gasteiger partial charge in [-0.25, -0.2) is 4.98 Å². The van der Waals surface area contributed by atoms with Crippen LogP contribution in [0.15, 0.2) is 89.1 Å². The van der Waals surface area contributed by atoms with Gasteiger partial charge in [-0.1, -0.05) is 31.6 Å². The summed E-state index contributed by atoms with van der Waals surface area (Å²) in [5.74, 6) is 0.929. The molecule has 4 aromatic rings. The van der Waals surface area contributed by atoms with Gasteiger partial charge in [-0.15, -0.1) is 0 Å². The van der Waals surface area contributed by atoms with Crippen LogP contribution in [0.25, 0.3) is 11.0 Å². The lowest BCUT2D eigenvalue weighted by molar-refractivity contribution is -0.384. The van der Waals surface area contributed by atoms with Crippen molar-refractivity contribution in [1.82, 2.24) is 19.6 Å². The highest BCUT2D eigenvalue weighted by molar-refractivity contribution is 7.98. The number of pyridine rings is 1. The largest absolute Gasteiger partial charge is 0.455 e. The van der Waals surface area contributed by atoms with Crippen molar-refractivity contribution < 1.29 is 19.2 Å². The number of aromatic nitrogens is 2. The van der Waals surface area contributed by atoms with Gasteiger partial charge in [0.1, 0.15) is 22.8 Å². The maximum absolute atomic E-state index is 13.8. The van der Waals surface area contributed by atoms with Gasteiger partial charge >= 0.3 is 0 Å². The van der Waals surface area contributed by atoms with Crippen molar-refractivity contribution in [2.45, 2.75) is 57.8 Å². The van der Waals surface area contributed by atoms with Crippen molar-refractivity contribution in [3.8, 4) is 11.5 Å². The average molecular weight is 766 g/mol. The number of carbonyl (C=O) groups excluding carboxylic acids is 1. The zero-order chi connectivity index (χ0) is 38.5. The van der Waals surface area contributed by atoms with Crippen LogP contribution in [0, 0.1) is 21.4 Å². The molecule has 4 heterocycles. The molecule has 55 heavy (non-hydrogen) atoms. The second kappa shape index (κ2) is 16.9. The summed E-state index contributed by atoms with van der Waals surface area (Å²) in [7, 11) is 0. The normalized spacial score (nSPS) is 18.0. The van der Waals surface area contributed by atoms with E-state index >= 15 is 0 Å². The molecule has 1 amide bonds. The Balaban J connectivity index is 1.05. The van der Waals surface area contributed by atoms with Gasteiger partial charge < -0.3 is 24.7 Å². The van der Waals surface area contributed by atoms with E-state index in [1.165, 1.54) is 29.2 Å². The van der Waals surface area contributed by atoms with Crippen LogP contribution < -0.4 is 19.7 Å². The number of benzene rings is 2. The highest BCUT2D eigenvalue weighted by Crippen LogP contribution is 2.41. The van der Waals surface area contributed by atoms with Crippen molar-refractivity contribution in [2.24, 2.45) is 11.3 Å². The van der Waals surface area contributed by atoms with E-state index in [2.05, 4.69) is 57.2 Å². The van der Waals surface area contributed by atoms with Crippen molar-refractivity contribution in [3.63, 3.8) is 0 Å². The van der Waals surface area contributed by atoms with Crippen LogP contribution in [-0.2, 0) is 4.74 Å². The van der Waals surface area contributed by atoms with Crippen LogP contribution in [-0.4, -0.2) is 78.2 Å². The van der Waals surface area contributed by atoms with E-state index in [0.29, 0.717) is 58.7 Å². The van der Waals surface area contributed by atoms with Crippen LogP contribution in [0.1, 0.15) is 63.2 Å². The third-order valence-corrected chi connectivity index (χ3v) is 11.8. The molecule has 290 valence electrons. The number of nitrogens with one attached hydrogen (secondary N) is 3. The van der Waals surface area contributed by atoms with Crippen LogP contribution >= 0.6 is 11.9 Å². The Bertz CT molecular complexity index is 2080. The summed E-state index contributed by atoms with van der Waals surface area (Å²) in [6.45, 7) is 17.7. The van der Waals surface area contributed by atoms with Crippen LogP contribution in [0.2, 0.25) is 0 Å². The van der Waals surface area contributed by atoms with Gasteiger partial charge in [0.2, 0.25) is 0 Å². The molecule has 2 aromatic carbocycles. The Hall–Kier alpha value is -4.85. The first-order valence-corrected chi connectivity index (χ1v) is 20.0. The fraction of sp³-hybridized carbons (Fsp3) is 0.429. The molecule has 2 fully saturated rings. The number of aromatic amines is 1. The maximum Gasteiger partial charge on any atom is 0.293 e. The number of fused-ring (bicyclic) bond motifs is 1. The quantitative estimate of drug-likeness (QED) is 0.0688. The number of nitro benzene ring substituents is 1. The fourth-order valence-corrected chi connectivity index (χ4v) is 8.34. The lowest BCUT2D eigenvalue weighted by atomic mass is 9.72. The number of hydrogen-bond acceptors (Lipinski definition) is 10. The summed E-state index contributed by atoms with van der Waals surface area (Å²) in [6.07, 6.45) is 8.72.